The summed E-state index contributed by atoms with van der Waals surface area (Å²) >= 11 is 0. The maximum atomic E-state index is 12.8. The minimum atomic E-state index is -4.97. The molecular formula is C49H91O11P. The van der Waals surface area contributed by atoms with Gasteiger partial charge in [0, 0.05) is 12.8 Å². The van der Waals surface area contributed by atoms with Crippen LogP contribution in [-0.4, -0.2) is 76.9 Å². The maximum Gasteiger partial charge on any atom is 0.472 e. The van der Waals surface area contributed by atoms with Gasteiger partial charge in [0.2, 0.25) is 0 Å². The molecule has 0 bridgehead atoms. The smallest absolute Gasteiger partial charge is 0.462 e. The van der Waals surface area contributed by atoms with Crippen LogP contribution in [0.4, 0.5) is 0 Å². The Morgan fingerprint density at radius 1 is 0.557 bits per heavy atom. The Balaban J connectivity index is 4.49. The van der Waals surface area contributed by atoms with Gasteiger partial charge in [-0.3, -0.25) is 18.6 Å². The van der Waals surface area contributed by atoms with E-state index < -0.39 is 64.5 Å². The first-order valence-electron chi connectivity index (χ1n) is 25.0. The van der Waals surface area contributed by atoms with E-state index in [4.69, 9.17) is 25.0 Å². The molecule has 0 heterocycles. The Morgan fingerprint density at radius 3 is 1.30 bits per heavy atom. The summed E-state index contributed by atoms with van der Waals surface area (Å²) in [5.41, 5.74) is 0. The second-order valence-electron chi connectivity index (χ2n) is 16.4. The van der Waals surface area contributed by atoms with Crippen molar-refractivity contribution in [2.75, 3.05) is 26.4 Å². The van der Waals surface area contributed by atoms with Crippen molar-refractivity contribution >= 4 is 19.8 Å². The molecule has 0 amide bonds. The average molecular weight is 888 g/mol. The van der Waals surface area contributed by atoms with Crippen molar-refractivity contribution in [3.05, 3.63) is 36.5 Å². The lowest BCUT2D eigenvalue weighted by atomic mass is 10.1. The number of esters is 2. The molecule has 0 aromatic heterocycles. The van der Waals surface area contributed by atoms with E-state index in [1.54, 1.807) is 0 Å². The monoisotopic (exact) mass is 888 g/mol. The Bertz CT molecular complexity index is 1170. The molecule has 0 saturated heterocycles. The van der Waals surface area contributed by atoms with Gasteiger partial charge in [0.05, 0.1) is 21.2 Å². The third-order valence-corrected chi connectivity index (χ3v) is 11.6. The number of hydrogen-bond donors (Lipinski definition) is 4. The van der Waals surface area contributed by atoms with Gasteiger partial charge in [-0.15, -0.1) is 0 Å². The van der Waals surface area contributed by atoms with Gasteiger partial charge in [0.15, 0.2) is 6.10 Å². The van der Waals surface area contributed by atoms with Gasteiger partial charge in [-0.05, 0) is 89.9 Å². The van der Waals surface area contributed by atoms with Crippen molar-refractivity contribution in [2.45, 2.75) is 238 Å². The lowest BCUT2D eigenvalue weighted by Gasteiger charge is -2.24. The second-order valence-corrected chi connectivity index (χ2v) is 17.8. The van der Waals surface area contributed by atoms with Gasteiger partial charge in [-0.1, -0.05) is 153 Å². The number of phosphoric ester groups is 1. The molecule has 0 aliphatic rings. The number of hydrogen-bond acceptors (Lipinski definition) is 10. The molecule has 0 aromatic rings. The van der Waals surface area contributed by atoms with Gasteiger partial charge in [-0.2, -0.15) is 0 Å². The van der Waals surface area contributed by atoms with Gasteiger partial charge in [0.25, 0.3) is 0 Å². The Hall–Kier alpha value is -1.85. The minimum Gasteiger partial charge on any atom is -0.462 e. The summed E-state index contributed by atoms with van der Waals surface area (Å²) in [6.07, 6.45) is 43.1. The van der Waals surface area contributed by atoms with Crippen LogP contribution in [0.5, 0.6) is 0 Å². The van der Waals surface area contributed by atoms with Crippen molar-refractivity contribution < 1.29 is 54.3 Å². The summed E-state index contributed by atoms with van der Waals surface area (Å²) in [7, 11) is -4.97. The van der Waals surface area contributed by atoms with Crippen LogP contribution in [0.1, 0.15) is 221 Å². The molecule has 0 aliphatic heterocycles. The number of unbranched alkanes of at least 4 members (excludes halogenated alkanes) is 25. The van der Waals surface area contributed by atoms with Crippen LogP contribution >= 0.6 is 7.82 Å². The molecule has 5 atom stereocenters. The Kier molecular flexibility index (Phi) is 41.9. The van der Waals surface area contributed by atoms with Crippen LogP contribution < -0.4 is 0 Å². The lowest BCUT2D eigenvalue weighted by molar-refractivity contribution is -0.161. The van der Waals surface area contributed by atoms with Gasteiger partial charge in [-0.25, -0.2) is 4.57 Å². The fourth-order valence-electron chi connectivity index (χ4n) is 6.69. The molecule has 12 heteroatoms. The normalized spacial score (nSPS) is 15.3. The predicted octanol–water partition coefficient (Wildman–Crippen LogP) is 12.5. The molecule has 0 radical (unpaired) electrons. The zero-order valence-corrected chi connectivity index (χ0v) is 39.5. The minimum absolute atomic E-state index is 0.0238. The van der Waals surface area contributed by atoms with Crippen LogP contribution in [0.2, 0.25) is 0 Å². The van der Waals surface area contributed by atoms with E-state index in [-0.39, 0.29) is 12.8 Å². The van der Waals surface area contributed by atoms with Crippen LogP contribution in [-0.2, 0) is 32.7 Å². The zero-order valence-electron chi connectivity index (χ0n) is 39.6. The number of aliphatic hydroxyl groups excluding tert-OH is 3. The van der Waals surface area contributed by atoms with E-state index in [1.807, 2.05) is 0 Å². The first-order valence-corrected chi connectivity index (χ1v) is 25.9. The van der Waals surface area contributed by atoms with Crippen LogP contribution in [0.25, 0.3) is 0 Å². The molecule has 2 unspecified atom stereocenters. The molecule has 0 saturated carbocycles. The molecule has 0 fully saturated rings. The fourth-order valence-corrected chi connectivity index (χ4v) is 7.64. The number of allylic oxidation sites excluding steroid dienone is 6. The van der Waals surface area contributed by atoms with Gasteiger partial charge < -0.3 is 29.7 Å². The number of carbonyl (C=O) groups is 2. The molecule has 61 heavy (non-hydrogen) atoms. The maximum absolute atomic E-state index is 12.8. The first kappa shape index (κ1) is 57.2. The largest absolute Gasteiger partial charge is 0.472 e. The quantitative estimate of drug-likeness (QED) is 0.0199. The van der Waals surface area contributed by atoms with Crippen molar-refractivity contribution in [1.29, 1.82) is 0 Å². The highest BCUT2D eigenvalue weighted by atomic mass is 31.2. The van der Waals surface area contributed by atoms with Crippen molar-refractivity contribution in [3.8, 4) is 0 Å². The summed E-state index contributed by atoms with van der Waals surface area (Å²) in [4.78, 5) is 35.5. The highest BCUT2D eigenvalue weighted by molar-refractivity contribution is 7.47. The first-order chi connectivity index (χ1) is 30.1. The molecule has 0 aromatic carbocycles. The highest BCUT2D eigenvalue weighted by Crippen LogP contribution is 2.45. The van der Waals surface area contributed by atoms with E-state index in [2.05, 4.69) is 50.3 Å². The SMILES string of the molecule is [2H]C(OC(=O)CCCC/C=C\CCCCCCCCC)[C@H](COP(=O)(O)O[C@H](CO)[C@H](O)CO)OC(=O)CCCC/C=C\CCCCCCCCCC/C=C\CCCCCCC. The van der Waals surface area contributed by atoms with Crippen LogP contribution in [0.15, 0.2) is 36.5 Å². The lowest BCUT2D eigenvalue weighted by Crippen LogP contribution is -2.35. The summed E-state index contributed by atoms with van der Waals surface area (Å²) < 4.78 is 41.3. The van der Waals surface area contributed by atoms with Crippen LogP contribution in [0, 0.1) is 0 Å². The number of aliphatic hydroxyl groups is 3. The molecule has 0 aliphatic carbocycles. The zero-order chi connectivity index (χ0) is 45.8. The number of rotatable bonds is 46. The number of ether oxygens (including phenoxy) is 2. The van der Waals surface area contributed by atoms with E-state index >= 15 is 0 Å². The highest BCUT2D eigenvalue weighted by Gasteiger charge is 2.32. The van der Waals surface area contributed by atoms with E-state index in [9.17, 15) is 29.3 Å². The van der Waals surface area contributed by atoms with Crippen molar-refractivity contribution in [2.24, 2.45) is 0 Å². The standard InChI is InChI=1S/C49H91O11P/c1-3-5-7-9-11-13-15-17-18-19-20-21-22-23-24-25-26-28-30-32-34-36-38-40-49(54)59-45(44-58-61(55,56)60-47(42-51)46(52)41-50)43-57-48(53)39-37-35-33-31-29-27-16-14-12-10-8-6-4-2/h15,17,29-32,45-47,50-52H,3-14,16,18-28,33-44H2,1-2H3,(H,55,56)/b17-15-,31-29-,32-30-/t45-,46-,47-/m1/s1/i43D/t43?,45-,46-,47-. The summed E-state index contributed by atoms with van der Waals surface area (Å²) in [6, 6.07) is 0. The molecule has 0 spiro atoms. The molecule has 0 rings (SSSR count). The van der Waals surface area contributed by atoms with E-state index in [0.717, 1.165) is 38.5 Å². The molecule has 11 nitrogen and oxygen atoms in total. The third-order valence-electron chi connectivity index (χ3n) is 10.5. The summed E-state index contributed by atoms with van der Waals surface area (Å²) in [5, 5.41) is 28.2. The predicted molar refractivity (Wildman–Crippen MR) is 248 cm³/mol. The van der Waals surface area contributed by atoms with Crippen molar-refractivity contribution in [3.63, 3.8) is 0 Å². The number of phosphoric acid groups is 1. The molecule has 4 N–H and O–H groups in total. The van der Waals surface area contributed by atoms with E-state index in [0.29, 0.717) is 12.8 Å². The molecular weight excluding hydrogens is 796 g/mol. The second kappa shape index (κ2) is 44.7. The topological polar surface area (TPSA) is 169 Å². The summed E-state index contributed by atoms with van der Waals surface area (Å²) in [6.45, 7) is 0.149. The fraction of sp³-hybridized carbons (Fsp3) is 0.837. The molecule has 358 valence electrons. The van der Waals surface area contributed by atoms with Gasteiger partial charge >= 0.3 is 19.8 Å². The van der Waals surface area contributed by atoms with Crippen molar-refractivity contribution in [1.82, 2.24) is 0 Å². The van der Waals surface area contributed by atoms with Gasteiger partial charge in [0.1, 0.15) is 18.8 Å². The summed E-state index contributed by atoms with van der Waals surface area (Å²) in [5.74, 6) is -1.36. The van der Waals surface area contributed by atoms with E-state index in [1.165, 1.54) is 141 Å². The number of carbonyl (C=O) groups excluding carboxylic acids is 2. The Morgan fingerprint density at radius 2 is 0.918 bits per heavy atom. The third kappa shape index (κ3) is 41.9. The Labute approximate surface area is 373 Å². The average Bonchev–Trinajstić information content (AvgIpc) is 3.25. The van der Waals surface area contributed by atoms with Crippen LogP contribution in [0.3, 0.4) is 0 Å².